The third-order valence-corrected chi connectivity index (χ3v) is 5.82. The minimum atomic E-state index is -3.37. The molecular weight excluding hydrogens is 412 g/mol. The van der Waals surface area contributed by atoms with Gasteiger partial charge in [0.05, 0.1) is 10.5 Å². The molecule has 0 radical (unpaired) electrons. The summed E-state index contributed by atoms with van der Waals surface area (Å²) in [6.07, 6.45) is 2.68. The van der Waals surface area contributed by atoms with E-state index in [9.17, 15) is 22.8 Å². The van der Waals surface area contributed by atoms with E-state index in [4.69, 9.17) is 4.74 Å². The molecule has 0 bridgehead atoms. The standard InChI is InChI=1S/C19H22N4O6S/c1-4-5-10-23-16-15(17(24)21-19(23)26)22(2)14(20-16)11-29-18(25)12-6-8-13(9-7-12)30(3,27)28/h6-9H,4-5,10-11H2,1-3H3,(H,21,24,26). The molecule has 0 fully saturated rings. The van der Waals surface area contributed by atoms with Gasteiger partial charge in [0.15, 0.2) is 21.0 Å². The molecule has 0 aliphatic carbocycles. The molecule has 11 heteroatoms. The number of H-pyrrole nitrogens is 1. The number of benzene rings is 1. The summed E-state index contributed by atoms with van der Waals surface area (Å²) in [6.45, 7) is 2.17. The van der Waals surface area contributed by atoms with Crippen LogP contribution in [0.1, 0.15) is 35.9 Å². The number of rotatable bonds is 7. The van der Waals surface area contributed by atoms with E-state index < -0.39 is 27.1 Å². The molecule has 160 valence electrons. The predicted octanol–water partition coefficient (Wildman–Crippen LogP) is 0.984. The predicted molar refractivity (Wildman–Crippen MR) is 109 cm³/mol. The van der Waals surface area contributed by atoms with Gasteiger partial charge in [-0.05, 0) is 30.7 Å². The maximum atomic E-state index is 12.3. The van der Waals surface area contributed by atoms with E-state index in [1.807, 2.05) is 6.92 Å². The summed E-state index contributed by atoms with van der Waals surface area (Å²) in [5.74, 6) is -0.369. The summed E-state index contributed by atoms with van der Waals surface area (Å²) < 4.78 is 31.2. The number of aryl methyl sites for hydroxylation is 2. The fraction of sp³-hybridized carbons (Fsp3) is 0.368. The molecule has 0 spiro atoms. The second-order valence-corrected chi connectivity index (χ2v) is 8.91. The van der Waals surface area contributed by atoms with Crippen LogP contribution in [0, 0.1) is 0 Å². The van der Waals surface area contributed by atoms with E-state index in [0.717, 1.165) is 19.1 Å². The zero-order chi connectivity index (χ0) is 22.1. The van der Waals surface area contributed by atoms with Crippen LogP contribution in [-0.4, -0.2) is 39.7 Å². The number of imidazole rings is 1. The lowest BCUT2D eigenvalue weighted by Gasteiger charge is -2.06. The Labute approximate surface area is 172 Å². The average Bonchev–Trinajstić information content (AvgIpc) is 3.02. The first kappa shape index (κ1) is 21.5. The SMILES string of the molecule is CCCCn1c(=O)[nH]c(=O)c2c1nc(COC(=O)c1ccc(S(C)(=O)=O)cc1)n2C. The molecule has 3 rings (SSSR count). The van der Waals surface area contributed by atoms with Gasteiger partial charge in [0.25, 0.3) is 5.56 Å². The van der Waals surface area contributed by atoms with Gasteiger partial charge in [-0.1, -0.05) is 13.3 Å². The fourth-order valence-corrected chi connectivity index (χ4v) is 3.63. The summed E-state index contributed by atoms with van der Waals surface area (Å²) in [5.41, 5.74) is -0.461. The van der Waals surface area contributed by atoms with Crippen LogP contribution in [0.5, 0.6) is 0 Å². The van der Waals surface area contributed by atoms with E-state index >= 15 is 0 Å². The lowest BCUT2D eigenvalue weighted by molar-refractivity contribution is 0.0459. The molecule has 0 unspecified atom stereocenters. The Morgan fingerprint density at radius 2 is 1.87 bits per heavy atom. The lowest BCUT2D eigenvalue weighted by atomic mass is 10.2. The number of aromatic nitrogens is 4. The summed E-state index contributed by atoms with van der Waals surface area (Å²) >= 11 is 0. The summed E-state index contributed by atoms with van der Waals surface area (Å²) in [5, 5.41) is 0. The molecular formula is C19H22N4O6S. The average molecular weight is 434 g/mol. The number of unbranched alkanes of at least 4 members (excludes halogenated alkanes) is 1. The summed E-state index contributed by atoms with van der Waals surface area (Å²) in [6, 6.07) is 5.38. The highest BCUT2D eigenvalue weighted by atomic mass is 32.2. The molecule has 0 saturated carbocycles. The van der Waals surface area contributed by atoms with Crippen LogP contribution in [0.2, 0.25) is 0 Å². The quantitative estimate of drug-likeness (QED) is 0.548. The van der Waals surface area contributed by atoms with Gasteiger partial charge in [0.2, 0.25) is 0 Å². The van der Waals surface area contributed by atoms with E-state index in [2.05, 4.69) is 9.97 Å². The van der Waals surface area contributed by atoms with Crippen LogP contribution >= 0.6 is 0 Å². The van der Waals surface area contributed by atoms with Crippen molar-refractivity contribution in [3.63, 3.8) is 0 Å². The maximum Gasteiger partial charge on any atom is 0.338 e. The highest BCUT2D eigenvalue weighted by molar-refractivity contribution is 7.90. The van der Waals surface area contributed by atoms with E-state index in [1.54, 1.807) is 7.05 Å². The first-order valence-electron chi connectivity index (χ1n) is 9.29. The Balaban J connectivity index is 1.86. The van der Waals surface area contributed by atoms with Crippen LogP contribution in [0.3, 0.4) is 0 Å². The van der Waals surface area contributed by atoms with Gasteiger partial charge in [-0.25, -0.2) is 23.0 Å². The number of aromatic amines is 1. The normalized spacial score (nSPS) is 11.7. The first-order chi connectivity index (χ1) is 14.1. The zero-order valence-electron chi connectivity index (χ0n) is 16.8. The van der Waals surface area contributed by atoms with Gasteiger partial charge in [-0.15, -0.1) is 0 Å². The third kappa shape index (κ3) is 4.20. The number of fused-ring (bicyclic) bond motifs is 1. The van der Waals surface area contributed by atoms with Gasteiger partial charge in [0, 0.05) is 19.8 Å². The van der Waals surface area contributed by atoms with Crippen molar-refractivity contribution in [2.45, 2.75) is 37.8 Å². The molecule has 30 heavy (non-hydrogen) atoms. The van der Waals surface area contributed by atoms with Gasteiger partial charge in [0.1, 0.15) is 12.4 Å². The number of ether oxygens (including phenoxy) is 1. The van der Waals surface area contributed by atoms with Crippen LogP contribution in [0.15, 0.2) is 38.8 Å². The van der Waals surface area contributed by atoms with Gasteiger partial charge in [-0.2, -0.15) is 0 Å². The number of esters is 1. The van der Waals surface area contributed by atoms with E-state index in [-0.39, 0.29) is 28.2 Å². The molecule has 3 aromatic rings. The molecule has 2 aromatic heterocycles. The molecule has 0 atom stereocenters. The Hall–Kier alpha value is -3.21. The molecule has 1 N–H and O–H groups in total. The van der Waals surface area contributed by atoms with Crippen LogP contribution in [0.4, 0.5) is 0 Å². The Morgan fingerprint density at radius 1 is 1.20 bits per heavy atom. The highest BCUT2D eigenvalue weighted by Crippen LogP contribution is 2.14. The van der Waals surface area contributed by atoms with Crippen molar-refractivity contribution < 1.29 is 17.9 Å². The van der Waals surface area contributed by atoms with Crippen molar-refractivity contribution in [3.05, 3.63) is 56.5 Å². The number of carbonyl (C=O) groups excluding carboxylic acids is 1. The molecule has 10 nitrogen and oxygen atoms in total. The zero-order valence-corrected chi connectivity index (χ0v) is 17.7. The van der Waals surface area contributed by atoms with Crippen molar-refractivity contribution in [2.75, 3.05) is 6.26 Å². The molecule has 2 heterocycles. The maximum absolute atomic E-state index is 12.3. The number of hydrogen-bond donors (Lipinski definition) is 1. The summed E-state index contributed by atoms with van der Waals surface area (Å²) in [4.78, 5) is 43.4. The number of nitrogens with zero attached hydrogens (tertiary/aromatic N) is 3. The topological polar surface area (TPSA) is 133 Å². The molecule has 1 aromatic carbocycles. The number of sulfone groups is 1. The van der Waals surface area contributed by atoms with E-state index in [1.165, 1.54) is 33.4 Å². The van der Waals surface area contributed by atoms with Crippen LogP contribution in [-0.2, 0) is 34.8 Å². The van der Waals surface area contributed by atoms with E-state index in [0.29, 0.717) is 12.4 Å². The number of carbonyl (C=O) groups is 1. The third-order valence-electron chi connectivity index (χ3n) is 4.69. The minimum absolute atomic E-state index is 0.0960. The molecule has 0 aliphatic heterocycles. The van der Waals surface area contributed by atoms with Crippen LogP contribution < -0.4 is 11.2 Å². The van der Waals surface area contributed by atoms with Gasteiger partial charge in [-0.3, -0.25) is 14.3 Å². The Bertz CT molecular complexity index is 1320. The van der Waals surface area contributed by atoms with Crippen LogP contribution in [0.25, 0.3) is 11.2 Å². The van der Waals surface area contributed by atoms with Crippen molar-refractivity contribution in [3.8, 4) is 0 Å². The minimum Gasteiger partial charge on any atom is -0.454 e. The van der Waals surface area contributed by atoms with Crippen molar-refractivity contribution >= 4 is 27.0 Å². The Kier molecular flexibility index (Phi) is 5.92. The second-order valence-electron chi connectivity index (χ2n) is 6.90. The molecule has 0 amide bonds. The second kappa shape index (κ2) is 8.27. The van der Waals surface area contributed by atoms with Crippen molar-refractivity contribution in [1.29, 1.82) is 0 Å². The van der Waals surface area contributed by atoms with Gasteiger partial charge < -0.3 is 9.30 Å². The highest BCUT2D eigenvalue weighted by Gasteiger charge is 2.18. The smallest absolute Gasteiger partial charge is 0.338 e. The monoisotopic (exact) mass is 434 g/mol. The molecule has 0 aliphatic rings. The first-order valence-corrected chi connectivity index (χ1v) is 11.2. The number of nitrogens with one attached hydrogen (secondary N) is 1. The molecule has 0 saturated heterocycles. The van der Waals surface area contributed by atoms with Crippen molar-refractivity contribution in [1.82, 2.24) is 19.1 Å². The fourth-order valence-electron chi connectivity index (χ4n) is 3.00. The summed E-state index contributed by atoms with van der Waals surface area (Å²) in [7, 11) is -1.76. The van der Waals surface area contributed by atoms with Gasteiger partial charge >= 0.3 is 11.7 Å². The van der Waals surface area contributed by atoms with Crippen molar-refractivity contribution in [2.24, 2.45) is 7.05 Å². The largest absolute Gasteiger partial charge is 0.454 e. The Morgan fingerprint density at radius 3 is 2.47 bits per heavy atom. The number of hydrogen-bond acceptors (Lipinski definition) is 7. The lowest BCUT2D eigenvalue weighted by Crippen LogP contribution is -2.31.